The molecule has 0 spiro atoms. The van der Waals surface area contributed by atoms with Gasteiger partial charge in [-0.25, -0.2) is 0 Å². The first-order valence-corrected chi connectivity index (χ1v) is 4.27. The molecular weight excluding hydrogens is 132 g/mol. The monoisotopic (exact) mass is 148 g/mol. The van der Waals surface area contributed by atoms with E-state index in [1.54, 1.807) is 0 Å². The Morgan fingerprint density at radius 1 is 1.55 bits per heavy atom. The minimum Gasteiger partial charge on any atom is -0.100 e. The minimum absolute atomic E-state index is 0.761. The molecule has 0 nitrogen and oxygen atoms in total. The standard InChI is InChI=1S/C11H16/c1-10(2)8-9-11-6-4-3-5-7-11/h3-6,11H,1,7-9H2,2H3. The van der Waals surface area contributed by atoms with Crippen LogP contribution in [0.15, 0.2) is 36.5 Å². The smallest absolute Gasteiger partial charge is 0.0193 e. The van der Waals surface area contributed by atoms with Crippen LogP contribution in [0.5, 0.6) is 0 Å². The molecule has 1 aliphatic carbocycles. The average molecular weight is 148 g/mol. The van der Waals surface area contributed by atoms with Crippen LogP contribution >= 0.6 is 0 Å². The lowest BCUT2D eigenvalue weighted by Gasteiger charge is -2.11. The van der Waals surface area contributed by atoms with Crippen LogP contribution in [0, 0.1) is 5.92 Å². The van der Waals surface area contributed by atoms with Crippen molar-refractivity contribution in [3.63, 3.8) is 0 Å². The Hall–Kier alpha value is -0.780. The van der Waals surface area contributed by atoms with Gasteiger partial charge in [0.25, 0.3) is 0 Å². The molecule has 0 fully saturated rings. The molecule has 0 aromatic rings. The molecule has 60 valence electrons. The molecule has 0 amide bonds. The van der Waals surface area contributed by atoms with Gasteiger partial charge in [0, 0.05) is 0 Å². The van der Waals surface area contributed by atoms with Gasteiger partial charge in [-0.2, -0.15) is 0 Å². The van der Waals surface area contributed by atoms with E-state index in [9.17, 15) is 0 Å². The quantitative estimate of drug-likeness (QED) is 0.537. The van der Waals surface area contributed by atoms with Crippen LogP contribution in [-0.4, -0.2) is 0 Å². The lowest BCUT2D eigenvalue weighted by Crippen LogP contribution is -1.97. The topological polar surface area (TPSA) is 0 Å². The molecule has 0 saturated carbocycles. The van der Waals surface area contributed by atoms with Crippen LogP contribution in [-0.2, 0) is 0 Å². The first-order chi connectivity index (χ1) is 5.29. The van der Waals surface area contributed by atoms with E-state index < -0.39 is 0 Å². The third-order valence-corrected chi connectivity index (χ3v) is 2.01. The molecule has 1 aliphatic rings. The molecular formula is C11H16. The Labute approximate surface area is 69.3 Å². The van der Waals surface area contributed by atoms with E-state index >= 15 is 0 Å². The summed E-state index contributed by atoms with van der Waals surface area (Å²) in [5.41, 5.74) is 1.30. The van der Waals surface area contributed by atoms with E-state index in [0.717, 1.165) is 5.92 Å². The zero-order valence-electron chi connectivity index (χ0n) is 7.22. The van der Waals surface area contributed by atoms with E-state index in [1.165, 1.54) is 24.8 Å². The van der Waals surface area contributed by atoms with Gasteiger partial charge in [-0.15, -0.1) is 6.58 Å². The number of rotatable bonds is 3. The summed E-state index contributed by atoms with van der Waals surface area (Å²) >= 11 is 0. The Kier molecular flexibility index (Phi) is 3.15. The molecule has 0 aliphatic heterocycles. The van der Waals surface area contributed by atoms with E-state index in [0.29, 0.717) is 0 Å². The average Bonchev–Trinajstić information content (AvgIpc) is 2.03. The highest BCUT2D eigenvalue weighted by atomic mass is 14.1. The van der Waals surface area contributed by atoms with E-state index in [-0.39, 0.29) is 0 Å². The first kappa shape index (κ1) is 8.32. The van der Waals surface area contributed by atoms with Crippen molar-refractivity contribution >= 4 is 0 Å². The fourth-order valence-electron chi connectivity index (χ4n) is 1.28. The SMILES string of the molecule is C=C(C)CCC1C=CC=CC1. The van der Waals surface area contributed by atoms with Gasteiger partial charge in [0.1, 0.15) is 0 Å². The fourth-order valence-corrected chi connectivity index (χ4v) is 1.28. The minimum atomic E-state index is 0.761. The van der Waals surface area contributed by atoms with Crippen molar-refractivity contribution in [2.75, 3.05) is 0 Å². The van der Waals surface area contributed by atoms with E-state index in [4.69, 9.17) is 0 Å². The summed E-state index contributed by atoms with van der Waals surface area (Å²) in [5.74, 6) is 0.761. The second-order valence-electron chi connectivity index (χ2n) is 3.30. The van der Waals surface area contributed by atoms with Crippen molar-refractivity contribution in [2.45, 2.75) is 26.2 Å². The van der Waals surface area contributed by atoms with Crippen LogP contribution in [0.4, 0.5) is 0 Å². The van der Waals surface area contributed by atoms with Gasteiger partial charge < -0.3 is 0 Å². The number of hydrogen-bond donors (Lipinski definition) is 0. The maximum Gasteiger partial charge on any atom is -0.0193 e. The van der Waals surface area contributed by atoms with E-state index in [2.05, 4.69) is 37.8 Å². The molecule has 0 N–H and O–H groups in total. The first-order valence-electron chi connectivity index (χ1n) is 4.27. The van der Waals surface area contributed by atoms with Crippen LogP contribution in [0.1, 0.15) is 26.2 Å². The predicted octanol–water partition coefficient (Wildman–Crippen LogP) is 3.48. The molecule has 0 heteroatoms. The van der Waals surface area contributed by atoms with Gasteiger partial charge >= 0.3 is 0 Å². The molecule has 0 aromatic heterocycles. The normalized spacial score (nSPS) is 22.1. The number of hydrogen-bond acceptors (Lipinski definition) is 0. The number of allylic oxidation sites excluding steroid dienone is 5. The van der Waals surface area contributed by atoms with Crippen LogP contribution in [0.2, 0.25) is 0 Å². The van der Waals surface area contributed by atoms with Gasteiger partial charge in [-0.05, 0) is 32.1 Å². The highest BCUT2D eigenvalue weighted by molar-refractivity contribution is 5.11. The summed E-state index contributed by atoms with van der Waals surface area (Å²) in [4.78, 5) is 0. The molecule has 0 radical (unpaired) electrons. The molecule has 1 atom stereocenters. The molecule has 1 rings (SSSR count). The van der Waals surface area contributed by atoms with Gasteiger partial charge in [0.05, 0.1) is 0 Å². The van der Waals surface area contributed by atoms with Gasteiger partial charge in [0.2, 0.25) is 0 Å². The zero-order chi connectivity index (χ0) is 8.10. The maximum atomic E-state index is 3.90. The zero-order valence-corrected chi connectivity index (χ0v) is 7.22. The summed E-state index contributed by atoms with van der Waals surface area (Å²) in [5, 5.41) is 0. The second kappa shape index (κ2) is 4.17. The van der Waals surface area contributed by atoms with Crippen molar-refractivity contribution < 1.29 is 0 Å². The van der Waals surface area contributed by atoms with Gasteiger partial charge in [-0.3, -0.25) is 0 Å². The summed E-state index contributed by atoms with van der Waals surface area (Å²) in [6.45, 7) is 6.00. The Bertz CT molecular complexity index is 184. The Balaban J connectivity index is 2.22. The summed E-state index contributed by atoms with van der Waals surface area (Å²) < 4.78 is 0. The molecule has 11 heavy (non-hydrogen) atoms. The van der Waals surface area contributed by atoms with Crippen molar-refractivity contribution in [2.24, 2.45) is 5.92 Å². The lowest BCUT2D eigenvalue weighted by molar-refractivity contribution is 0.593. The lowest BCUT2D eigenvalue weighted by atomic mass is 9.94. The second-order valence-corrected chi connectivity index (χ2v) is 3.30. The summed E-state index contributed by atoms with van der Waals surface area (Å²) in [6.07, 6.45) is 12.4. The van der Waals surface area contributed by atoms with Crippen LogP contribution in [0.3, 0.4) is 0 Å². The predicted molar refractivity (Wildman–Crippen MR) is 50.4 cm³/mol. The van der Waals surface area contributed by atoms with Crippen molar-refractivity contribution in [3.8, 4) is 0 Å². The Morgan fingerprint density at radius 2 is 2.36 bits per heavy atom. The van der Waals surface area contributed by atoms with Gasteiger partial charge in [-0.1, -0.05) is 29.9 Å². The molecule has 1 unspecified atom stereocenters. The maximum absolute atomic E-state index is 3.90. The highest BCUT2D eigenvalue weighted by Gasteiger charge is 2.03. The van der Waals surface area contributed by atoms with Crippen molar-refractivity contribution in [3.05, 3.63) is 36.5 Å². The molecule has 0 heterocycles. The largest absolute Gasteiger partial charge is 0.100 e. The summed E-state index contributed by atoms with van der Waals surface area (Å²) in [7, 11) is 0. The Morgan fingerprint density at radius 3 is 2.91 bits per heavy atom. The van der Waals surface area contributed by atoms with Gasteiger partial charge in [0.15, 0.2) is 0 Å². The third-order valence-electron chi connectivity index (χ3n) is 2.01. The highest BCUT2D eigenvalue weighted by Crippen LogP contribution is 2.18. The van der Waals surface area contributed by atoms with Crippen LogP contribution in [0.25, 0.3) is 0 Å². The van der Waals surface area contributed by atoms with Crippen LogP contribution < -0.4 is 0 Å². The summed E-state index contributed by atoms with van der Waals surface area (Å²) in [6, 6.07) is 0. The third kappa shape index (κ3) is 3.22. The van der Waals surface area contributed by atoms with E-state index in [1.807, 2.05) is 0 Å². The van der Waals surface area contributed by atoms with Crippen molar-refractivity contribution in [1.29, 1.82) is 0 Å². The molecule has 0 bridgehead atoms. The fraction of sp³-hybridized carbons (Fsp3) is 0.455. The molecule has 0 saturated heterocycles. The van der Waals surface area contributed by atoms with Crippen molar-refractivity contribution in [1.82, 2.24) is 0 Å². The molecule has 0 aromatic carbocycles.